The number of aliphatic hydroxyl groups excluding tert-OH is 1. The van der Waals surface area contributed by atoms with Crippen molar-refractivity contribution in [1.82, 2.24) is 10.6 Å². The van der Waals surface area contributed by atoms with Gasteiger partial charge in [0.2, 0.25) is 5.91 Å². The number of aliphatic hydroxyl groups is 1. The Morgan fingerprint density at radius 2 is 1.75 bits per heavy atom. The molecule has 0 bridgehead atoms. The molecule has 3 rings (SSSR count). The Labute approximate surface area is 212 Å². The van der Waals surface area contributed by atoms with E-state index in [9.17, 15) is 23.5 Å². The molecule has 1 aliphatic rings. The lowest BCUT2D eigenvalue weighted by Gasteiger charge is -2.37. The van der Waals surface area contributed by atoms with Crippen LogP contribution in [0.25, 0.3) is 0 Å². The number of amides is 1. The summed E-state index contributed by atoms with van der Waals surface area (Å²) in [6, 6.07) is 8.25. The number of Topliss-reactive ketones (excluding diaryl/α,β-unsaturated/α-hetero) is 1. The summed E-state index contributed by atoms with van der Waals surface area (Å²) in [6.45, 7) is 11.8. The third-order valence-electron chi connectivity index (χ3n) is 6.60. The number of halogens is 2. The van der Waals surface area contributed by atoms with Gasteiger partial charge in [-0.3, -0.25) is 9.59 Å². The average molecular weight is 501 g/mol. The van der Waals surface area contributed by atoms with E-state index in [1.54, 1.807) is 0 Å². The molecular formula is C29H38F2N2O3. The summed E-state index contributed by atoms with van der Waals surface area (Å²) < 4.78 is 27.4. The lowest BCUT2D eigenvalue weighted by atomic mass is 9.70. The van der Waals surface area contributed by atoms with Crippen molar-refractivity contribution in [2.45, 2.75) is 79.0 Å². The Morgan fingerprint density at radius 3 is 2.33 bits per heavy atom. The van der Waals surface area contributed by atoms with Crippen LogP contribution >= 0.6 is 0 Å². The second kappa shape index (κ2) is 10.8. The minimum atomic E-state index is -1.03. The Balaban J connectivity index is 1.82. The number of benzene rings is 2. The monoisotopic (exact) mass is 500 g/mol. The first-order valence-electron chi connectivity index (χ1n) is 12.5. The van der Waals surface area contributed by atoms with E-state index in [1.165, 1.54) is 19.1 Å². The van der Waals surface area contributed by atoms with Crippen molar-refractivity contribution >= 4 is 11.7 Å². The average Bonchev–Trinajstić information content (AvgIpc) is 2.72. The van der Waals surface area contributed by atoms with Crippen molar-refractivity contribution in [2.75, 3.05) is 6.54 Å². The molecule has 0 spiro atoms. The van der Waals surface area contributed by atoms with Gasteiger partial charge in [0, 0.05) is 36.6 Å². The molecule has 2 aromatic rings. The second-order valence-corrected chi connectivity index (χ2v) is 11.9. The van der Waals surface area contributed by atoms with Crippen molar-refractivity contribution < 1.29 is 23.5 Å². The van der Waals surface area contributed by atoms with Crippen LogP contribution in [-0.2, 0) is 17.6 Å². The maximum Gasteiger partial charge on any atom is 0.217 e. The number of rotatable bonds is 8. The number of fused-ring (bicyclic) bond motifs is 1. The number of hydrogen-bond acceptors (Lipinski definition) is 4. The smallest absolute Gasteiger partial charge is 0.217 e. The second-order valence-electron chi connectivity index (χ2n) is 11.9. The lowest BCUT2D eigenvalue weighted by Crippen LogP contribution is -2.49. The van der Waals surface area contributed by atoms with Crippen LogP contribution in [0.3, 0.4) is 0 Å². The van der Waals surface area contributed by atoms with Crippen molar-refractivity contribution in [2.24, 2.45) is 10.8 Å². The minimum Gasteiger partial charge on any atom is -0.390 e. The minimum absolute atomic E-state index is 0.0675. The van der Waals surface area contributed by atoms with Gasteiger partial charge in [-0.15, -0.1) is 0 Å². The zero-order valence-electron chi connectivity index (χ0n) is 22.0. The standard InChI is InChI=1S/C29H38F2N2O3/c1-17(34)33-24(12-19-9-20(30)13-21(31)10-19)26(35)16-32-25-15-29(5,6)27(36)22-8-7-18(11-23(22)25)14-28(2,3)4/h7-11,13,24-26,32,35H,12,14-16H2,1-6H3,(H,33,34)/t24-,25+,26-/m0/s1. The predicted octanol–water partition coefficient (Wildman–Crippen LogP) is 4.91. The summed E-state index contributed by atoms with van der Waals surface area (Å²) in [5.41, 5.74) is 2.60. The lowest BCUT2D eigenvalue weighted by molar-refractivity contribution is -0.120. The van der Waals surface area contributed by atoms with Crippen molar-refractivity contribution in [1.29, 1.82) is 0 Å². The third kappa shape index (κ3) is 7.20. The molecule has 1 amide bonds. The zero-order valence-corrected chi connectivity index (χ0v) is 22.0. The quantitative estimate of drug-likeness (QED) is 0.482. The van der Waals surface area contributed by atoms with Crippen LogP contribution in [-0.4, -0.2) is 35.5 Å². The molecule has 0 radical (unpaired) electrons. The maximum atomic E-state index is 13.7. The predicted molar refractivity (Wildman–Crippen MR) is 137 cm³/mol. The molecule has 3 N–H and O–H groups in total. The van der Waals surface area contributed by atoms with Gasteiger partial charge in [0.05, 0.1) is 12.1 Å². The summed E-state index contributed by atoms with van der Waals surface area (Å²) in [7, 11) is 0. The van der Waals surface area contributed by atoms with Crippen LogP contribution in [0, 0.1) is 22.5 Å². The summed E-state index contributed by atoms with van der Waals surface area (Å²) in [6.07, 6.45) is 0.465. The van der Waals surface area contributed by atoms with Crippen LogP contribution in [0.2, 0.25) is 0 Å². The van der Waals surface area contributed by atoms with Gasteiger partial charge in [-0.1, -0.05) is 52.8 Å². The largest absolute Gasteiger partial charge is 0.390 e. The Bertz CT molecular complexity index is 1100. The third-order valence-corrected chi connectivity index (χ3v) is 6.60. The van der Waals surface area contributed by atoms with Crippen molar-refractivity contribution in [3.8, 4) is 0 Å². The van der Waals surface area contributed by atoms with Gasteiger partial charge in [0.1, 0.15) is 11.6 Å². The molecule has 5 nitrogen and oxygen atoms in total. The molecule has 0 fully saturated rings. The van der Waals surface area contributed by atoms with E-state index < -0.39 is 29.2 Å². The Morgan fingerprint density at radius 1 is 1.11 bits per heavy atom. The van der Waals surface area contributed by atoms with E-state index >= 15 is 0 Å². The highest BCUT2D eigenvalue weighted by Gasteiger charge is 2.39. The Kier molecular flexibility index (Phi) is 8.36. The fourth-order valence-corrected chi connectivity index (χ4v) is 5.02. The van der Waals surface area contributed by atoms with Crippen molar-refractivity contribution in [3.63, 3.8) is 0 Å². The molecule has 0 aliphatic heterocycles. The highest BCUT2D eigenvalue weighted by Crippen LogP contribution is 2.41. The molecule has 7 heteroatoms. The molecule has 3 atom stereocenters. The van der Waals surface area contributed by atoms with Gasteiger partial charge in [0.25, 0.3) is 0 Å². The number of hydrogen-bond donors (Lipinski definition) is 3. The summed E-state index contributed by atoms with van der Waals surface area (Å²) in [5, 5.41) is 17.1. The van der Waals surface area contributed by atoms with E-state index in [2.05, 4.69) is 37.5 Å². The number of ketones is 1. The molecule has 0 unspecified atom stereocenters. The van der Waals surface area contributed by atoms with E-state index in [0.29, 0.717) is 17.5 Å². The summed E-state index contributed by atoms with van der Waals surface area (Å²) >= 11 is 0. The topological polar surface area (TPSA) is 78.4 Å². The fraction of sp³-hybridized carbons (Fsp3) is 0.517. The van der Waals surface area contributed by atoms with Gasteiger partial charge >= 0.3 is 0 Å². The zero-order chi connectivity index (χ0) is 26.8. The molecule has 0 saturated heterocycles. The first kappa shape index (κ1) is 27.9. The van der Waals surface area contributed by atoms with Crippen LogP contribution in [0.5, 0.6) is 0 Å². The molecule has 0 aromatic heterocycles. The Hall–Kier alpha value is -2.64. The van der Waals surface area contributed by atoms with E-state index in [0.717, 1.165) is 23.6 Å². The van der Waals surface area contributed by atoms with Crippen LogP contribution in [0.4, 0.5) is 8.78 Å². The van der Waals surface area contributed by atoms with Crippen LogP contribution in [0.15, 0.2) is 36.4 Å². The van der Waals surface area contributed by atoms with Gasteiger partial charge in [-0.05, 0) is 53.5 Å². The molecule has 36 heavy (non-hydrogen) atoms. The molecule has 2 aromatic carbocycles. The van der Waals surface area contributed by atoms with Crippen molar-refractivity contribution in [3.05, 3.63) is 70.3 Å². The van der Waals surface area contributed by atoms with E-state index in [-0.39, 0.29) is 36.1 Å². The number of carbonyl (C=O) groups is 2. The SMILES string of the molecule is CC(=O)N[C@@H](Cc1cc(F)cc(F)c1)[C@@H](O)CN[C@@H]1CC(C)(C)C(=O)c2ccc(CC(C)(C)C)cc21. The van der Waals surface area contributed by atoms with E-state index in [1.807, 2.05) is 26.0 Å². The molecule has 0 heterocycles. The van der Waals surface area contributed by atoms with Crippen LogP contribution in [0.1, 0.15) is 81.1 Å². The molecule has 0 saturated carbocycles. The van der Waals surface area contributed by atoms with Gasteiger partial charge in [0.15, 0.2) is 5.78 Å². The fourth-order valence-electron chi connectivity index (χ4n) is 5.02. The molecular weight excluding hydrogens is 462 g/mol. The van der Waals surface area contributed by atoms with E-state index in [4.69, 9.17) is 0 Å². The van der Waals surface area contributed by atoms with Gasteiger partial charge in [-0.2, -0.15) is 0 Å². The molecule has 1 aliphatic carbocycles. The van der Waals surface area contributed by atoms with Gasteiger partial charge < -0.3 is 15.7 Å². The maximum absolute atomic E-state index is 13.7. The number of carbonyl (C=O) groups excluding carboxylic acids is 2. The summed E-state index contributed by atoms with van der Waals surface area (Å²) in [4.78, 5) is 24.9. The number of nitrogens with one attached hydrogen (secondary N) is 2. The first-order valence-corrected chi connectivity index (χ1v) is 12.5. The van der Waals surface area contributed by atoms with Crippen LogP contribution < -0.4 is 10.6 Å². The highest BCUT2D eigenvalue weighted by molar-refractivity contribution is 6.02. The molecule has 196 valence electrons. The summed E-state index contributed by atoms with van der Waals surface area (Å²) in [5.74, 6) is -1.67. The first-order chi connectivity index (χ1) is 16.6. The highest BCUT2D eigenvalue weighted by atomic mass is 19.1. The van der Waals surface area contributed by atoms with Gasteiger partial charge in [-0.25, -0.2) is 8.78 Å². The normalized spacial score (nSPS) is 18.9.